The van der Waals surface area contributed by atoms with Crippen LogP contribution in [0.5, 0.6) is 0 Å². The standard InChI is InChI=1S/C21H39N7O8/c1-10(2)9-14(27-17(32)12(22)5-4-8-25-21(23)24)18(33)28-16(11(3)29)19(34)26-13(20(35)36)6-7-15(30)31/h10-14,16,29H,4-9,22H2,1-3H3,(H,26,34)(H,27,32)(H,28,33)(H,30,31)(H,35,36)(H4,23,24,25). The Balaban J connectivity index is 5.33. The minimum absolute atomic E-state index is 0.0506. The van der Waals surface area contributed by atoms with Crippen molar-refractivity contribution in [3.05, 3.63) is 0 Å². The Hall–Kier alpha value is -3.46. The van der Waals surface area contributed by atoms with Gasteiger partial charge in [-0.1, -0.05) is 13.8 Å². The number of carbonyl (C=O) groups excluding carboxylic acids is 3. The van der Waals surface area contributed by atoms with Crippen LogP contribution in [0.4, 0.5) is 0 Å². The molecule has 0 bridgehead atoms. The molecule has 0 radical (unpaired) electrons. The third-order valence-electron chi connectivity index (χ3n) is 4.97. The summed E-state index contributed by atoms with van der Waals surface area (Å²) in [5.74, 6) is -5.29. The summed E-state index contributed by atoms with van der Waals surface area (Å²) < 4.78 is 0. The maximum atomic E-state index is 12.9. The van der Waals surface area contributed by atoms with E-state index >= 15 is 0 Å². The lowest BCUT2D eigenvalue weighted by Gasteiger charge is -2.27. The van der Waals surface area contributed by atoms with Crippen molar-refractivity contribution in [3.8, 4) is 0 Å². The summed E-state index contributed by atoms with van der Waals surface area (Å²) in [4.78, 5) is 64.0. The Morgan fingerprint density at radius 3 is 1.92 bits per heavy atom. The first kappa shape index (κ1) is 32.5. The minimum Gasteiger partial charge on any atom is -0.481 e. The zero-order valence-electron chi connectivity index (χ0n) is 20.8. The van der Waals surface area contributed by atoms with Gasteiger partial charge in [-0.15, -0.1) is 0 Å². The maximum Gasteiger partial charge on any atom is 0.326 e. The van der Waals surface area contributed by atoms with E-state index in [-0.39, 0.29) is 31.3 Å². The van der Waals surface area contributed by atoms with E-state index in [2.05, 4.69) is 20.9 Å². The predicted molar refractivity (Wildman–Crippen MR) is 129 cm³/mol. The van der Waals surface area contributed by atoms with Gasteiger partial charge in [-0.3, -0.25) is 24.2 Å². The summed E-state index contributed by atoms with van der Waals surface area (Å²) >= 11 is 0. The molecule has 0 aromatic carbocycles. The topological polar surface area (TPSA) is 273 Å². The fourth-order valence-electron chi connectivity index (χ4n) is 3.08. The summed E-state index contributed by atoms with van der Waals surface area (Å²) in [5, 5.41) is 35.0. The number of nitrogens with two attached hydrogens (primary N) is 3. The molecule has 5 atom stereocenters. The maximum absolute atomic E-state index is 12.9. The van der Waals surface area contributed by atoms with Crippen molar-refractivity contribution < 1.29 is 39.3 Å². The highest BCUT2D eigenvalue weighted by Crippen LogP contribution is 2.08. The molecule has 3 amide bonds. The third kappa shape index (κ3) is 13.4. The van der Waals surface area contributed by atoms with Crippen molar-refractivity contribution in [1.29, 1.82) is 0 Å². The molecule has 206 valence electrons. The second-order valence-corrected chi connectivity index (χ2v) is 8.80. The highest BCUT2D eigenvalue weighted by molar-refractivity contribution is 5.94. The molecule has 0 aromatic heterocycles. The molecule has 0 spiro atoms. The number of rotatable bonds is 17. The molecule has 0 aliphatic rings. The molecule has 0 rings (SSSR count). The predicted octanol–water partition coefficient (Wildman–Crippen LogP) is -2.80. The number of hydrogen-bond acceptors (Lipinski definition) is 8. The van der Waals surface area contributed by atoms with Crippen LogP contribution < -0.4 is 33.2 Å². The normalized spacial score (nSPS) is 15.1. The molecule has 5 unspecified atom stereocenters. The average molecular weight is 518 g/mol. The van der Waals surface area contributed by atoms with Crippen molar-refractivity contribution in [3.63, 3.8) is 0 Å². The van der Waals surface area contributed by atoms with Gasteiger partial charge in [-0.2, -0.15) is 0 Å². The van der Waals surface area contributed by atoms with Crippen molar-refractivity contribution in [2.45, 2.75) is 83.1 Å². The van der Waals surface area contributed by atoms with Crippen LogP contribution in [0.25, 0.3) is 0 Å². The monoisotopic (exact) mass is 517 g/mol. The van der Waals surface area contributed by atoms with Gasteiger partial charge < -0.3 is 48.5 Å². The molecular formula is C21H39N7O8. The number of guanidine groups is 1. The van der Waals surface area contributed by atoms with Gasteiger partial charge in [0.25, 0.3) is 0 Å². The highest BCUT2D eigenvalue weighted by atomic mass is 16.4. The SMILES string of the molecule is CC(C)CC(NC(=O)C(N)CCCN=C(N)N)C(=O)NC(C(=O)NC(CCC(=O)O)C(=O)O)C(C)O. The number of carboxylic acids is 2. The van der Waals surface area contributed by atoms with E-state index in [1.807, 2.05) is 0 Å². The van der Waals surface area contributed by atoms with E-state index in [9.17, 15) is 34.2 Å². The Morgan fingerprint density at radius 2 is 1.44 bits per heavy atom. The minimum atomic E-state index is -1.57. The number of amides is 3. The summed E-state index contributed by atoms with van der Waals surface area (Å²) in [6.07, 6.45) is -1.50. The van der Waals surface area contributed by atoms with Crippen LogP contribution in [0, 0.1) is 5.92 Å². The Kier molecular flexibility index (Phi) is 14.7. The van der Waals surface area contributed by atoms with E-state index in [1.165, 1.54) is 6.92 Å². The number of hydrogen-bond donors (Lipinski definition) is 9. The molecule has 0 aromatic rings. The van der Waals surface area contributed by atoms with Gasteiger partial charge in [0.2, 0.25) is 17.7 Å². The first-order chi connectivity index (χ1) is 16.6. The number of nitrogens with zero attached hydrogens (tertiary/aromatic N) is 1. The van der Waals surface area contributed by atoms with Crippen molar-refractivity contribution in [2.75, 3.05) is 6.54 Å². The molecule has 0 saturated heterocycles. The van der Waals surface area contributed by atoms with E-state index in [0.717, 1.165) is 0 Å². The van der Waals surface area contributed by atoms with Gasteiger partial charge in [0, 0.05) is 13.0 Å². The lowest BCUT2D eigenvalue weighted by Crippen LogP contribution is -2.60. The number of aliphatic carboxylic acids is 2. The number of aliphatic hydroxyl groups excluding tert-OH is 1. The molecule has 15 nitrogen and oxygen atoms in total. The second kappa shape index (κ2) is 16.3. The number of aliphatic hydroxyl groups is 1. The summed E-state index contributed by atoms with van der Waals surface area (Å²) in [5.41, 5.74) is 16.4. The van der Waals surface area contributed by atoms with Gasteiger partial charge in [-0.05, 0) is 38.5 Å². The lowest BCUT2D eigenvalue weighted by atomic mass is 10.0. The zero-order chi connectivity index (χ0) is 28.0. The Labute approximate surface area is 209 Å². The fourth-order valence-corrected chi connectivity index (χ4v) is 3.08. The van der Waals surface area contributed by atoms with Crippen LogP contribution in [0.3, 0.4) is 0 Å². The quantitative estimate of drug-likeness (QED) is 0.0539. The molecule has 0 aliphatic carbocycles. The van der Waals surface area contributed by atoms with E-state index in [0.29, 0.717) is 6.42 Å². The molecular weight excluding hydrogens is 478 g/mol. The Bertz CT molecular complexity index is 799. The van der Waals surface area contributed by atoms with E-state index < -0.39 is 72.8 Å². The molecule has 36 heavy (non-hydrogen) atoms. The van der Waals surface area contributed by atoms with Gasteiger partial charge >= 0.3 is 11.9 Å². The number of carboxylic acid groups (broad SMARTS) is 2. The first-order valence-corrected chi connectivity index (χ1v) is 11.5. The number of aliphatic imine (C=N–C) groups is 1. The zero-order valence-corrected chi connectivity index (χ0v) is 20.8. The van der Waals surface area contributed by atoms with Crippen LogP contribution in [0.15, 0.2) is 4.99 Å². The van der Waals surface area contributed by atoms with Gasteiger partial charge in [0.1, 0.15) is 18.1 Å². The van der Waals surface area contributed by atoms with Crippen molar-refractivity contribution in [2.24, 2.45) is 28.1 Å². The highest BCUT2D eigenvalue weighted by Gasteiger charge is 2.33. The fraction of sp³-hybridized carbons (Fsp3) is 0.714. The lowest BCUT2D eigenvalue weighted by molar-refractivity contribution is -0.144. The smallest absolute Gasteiger partial charge is 0.326 e. The molecule has 0 saturated carbocycles. The van der Waals surface area contributed by atoms with E-state index in [1.54, 1.807) is 13.8 Å². The van der Waals surface area contributed by atoms with Crippen LogP contribution in [0.2, 0.25) is 0 Å². The van der Waals surface area contributed by atoms with Crippen molar-refractivity contribution in [1.82, 2.24) is 16.0 Å². The molecule has 0 fully saturated rings. The second-order valence-electron chi connectivity index (χ2n) is 8.80. The molecule has 0 aliphatic heterocycles. The van der Waals surface area contributed by atoms with E-state index in [4.69, 9.17) is 22.3 Å². The van der Waals surface area contributed by atoms with Gasteiger partial charge in [-0.25, -0.2) is 4.79 Å². The molecule has 0 heterocycles. The van der Waals surface area contributed by atoms with Crippen LogP contribution >= 0.6 is 0 Å². The number of nitrogens with one attached hydrogen (secondary N) is 3. The van der Waals surface area contributed by atoms with Gasteiger partial charge in [0.15, 0.2) is 5.96 Å². The first-order valence-electron chi connectivity index (χ1n) is 11.5. The van der Waals surface area contributed by atoms with Crippen molar-refractivity contribution >= 4 is 35.6 Å². The third-order valence-corrected chi connectivity index (χ3v) is 4.97. The van der Waals surface area contributed by atoms with Crippen LogP contribution in [-0.2, 0) is 24.0 Å². The largest absolute Gasteiger partial charge is 0.481 e. The van der Waals surface area contributed by atoms with Crippen LogP contribution in [0.1, 0.15) is 52.9 Å². The summed E-state index contributed by atoms with van der Waals surface area (Å²) in [7, 11) is 0. The van der Waals surface area contributed by atoms with Crippen LogP contribution in [-0.4, -0.2) is 87.8 Å². The summed E-state index contributed by atoms with van der Waals surface area (Å²) in [6.45, 7) is 5.09. The average Bonchev–Trinajstić information content (AvgIpc) is 2.75. The van der Waals surface area contributed by atoms with Gasteiger partial charge in [0.05, 0.1) is 12.1 Å². The molecule has 15 heteroatoms. The molecule has 12 N–H and O–H groups in total. The summed E-state index contributed by atoms with van der Waals surface area (Å²) in [6, 6.07) is -5.17. The number of carbonyl (C=O) groups is 5. The Morgan fingerprint density at radius 1 is 0.861 bits per heavy atom.